The third-order valence-corrected chi connectivity index (χ3v) is 7.15. The second-order valence-electron chi connectivity index (χ2n) is 8.49. The van der Waals surface area contributed by atoms with Crippen LogP contribution in [0.5, 0.6) is 0 Å². The summed E-state index contributed by atoms with van der Waals surface area (Å²) in [4.78, 5) is 12.5. The van der Waals surface area contributed by atoms with Gasteiger partial charge in [-0.15, -0.1) is 0 Å². The molecule has 0 spiro atoms. The average molecular weight is 518 g/mol. The van der Waals surface area contributed by atoms with Gasteiger partial charge in [0, 0.05) is 0 Å². The molecule has 0 saturated carbocycles. The lowest BCUT2D eigenvalue weighted by atomic mass is 10.0. The molecule has 3 aromatic rings. The van der Waals surface area contributed by atoms with Gasteiger partial charge in [-0.2, -0.15) is 18.3 Å². The van der Waals surface area contributed by atoms with Crippen LogP contribution in [-0.4, -0.2) is 27.1 Å². The number of alkyl halides is 3. The highest BCUT2D eigenvalue weighted by Gasteiger charge is 2.33. The number of anilines is 1. The van der Waals surface area contributed by atoms with Gasteiger partial charge < -0.3 is 0 Å². The number of halogens is 3. The van der Waals surface area contributed by atoms with Gasteiger partial charge in [0.15, 0.2) is 0 Å². The number of carbonyl (C=O) groups is 1. The van der Waals surface area contributed by atoms with Crippen LogP contribution in [-0.2, 0) is 21.0 Å². The number of nitrogens with zero attached hydrogens (tertiary/aromatic N) is 2. The lowest BCUT2D eigenvalue weighted by Crippen LogP contribution is -2.39. The number of benzene rings is 3. The van der Waals surface area contributed by atoms with E-state index in [4.69, 9.17) is 0 Å². The standard InChI is InChI=1S/C26H26F3N3O3S/c1-18(2)21-11-9-20(10-12-21)16-30-31-25(33)17-32(23-6-4-5-22(15-23)26(27,28)29)36(34,35)24-13-7-19(3)8-14-24/h4-16,18H,17H2,1-3H3,(H,31,33)/b30-16-. The highest BCUT2D eigenvalue weighted by atomic mass is 32.2. The minimum Gasteiger partial charge on any atom is -0.271 e. The zero-order valence-electron chi connectivity index (χ0n) is 20.0. The molecule has 6 nitrogen and oxygen atoms in total. The Labute approximate surface area is 208 Å². The van der Waals surface area contributed by atoms with E-state index < -0.39 is 34.2 Å². The lowest BCUT2D eigenvalue weighted by Gasteiger charge is -2.24. The largest absolute Gasteiger partial charge is 0.416 e. The van der Waals surface area contributed by atoms with E-state index in [2.05, 4.69) is 24.4 Å². The minimum absolute atomic E-state index is 0.160. The summed E-state index contributed by atoms with van der Waals surface area (Å²) in [7, 11) is -4.37. The Morgan fingerprint density at radius 2 is 1.67 bits per heavy atom. The number of aryl methyl sites for hydroxylation is 1. The topological polar surface area (TPSA) is 78.8 Å². The van der Waals surface area contributed by atoms with E-state index in [-0.39, 0.29) is 10.6 Å². The molecular weight excluding hydrogens is 491 g/mol. The number of sulfonamides is 1. The normalized spacial score (nSPS) is 12.2. The first-order valence-corrected chi connectivity index (χ1v) is 12.5. The summed E-state index contributed by atoms with van der Waals surface area (Å²) in [5.74, 6) is -0.467. The van der Waals surface area contributed by atoms with Crippen molar-refractivity contribution >= 4 is 27.8 Å². The Morgan fingerprint density at radius 3 is 2.25 bits per heavy atom. The van der Waals surface area contributed by atoms with Crippen LogP contribution >= 0.6 is 0 Å². The predicted octanol–water partition coefficient (Wildman–Crippen LogP) is 5.48. The van der Waals surface area contributed by atoms with Crippen molar-refractivity contribution in [3.05, 3.63) is 95.1 Å². The van der Waals surface area contributed by atoms with Crippen molar-refractivity contribution in [2.24, 2.45) is 5.10 Å². The number of hydrogen-bond donors (Lipinski definition) is 1. The lowest BCUT2D eigenvalue weighted by molar-refractivity contribution is -0.137. The van der Waals surface area contributed by atoms with E-state index in [0.29, 0.717) is 21.9 Å². The van der Waals surface area contributed by atoms with Gasteiger partial charge in [0.1, 0.15) is 6.54 Å². The minimum atomic E-state index is -4.69. The Kier molecular flexibility index (Phi) is 8.19. The SMILES string of the molecule is Cc1ccc(S(=O)(=O)N(CC(=O)N/N=C\c2ccc(C(C)C)cc2)c2cccc(C(F)(F)F)c2)cc1. The summed E-state index contributed by atoms with van der Waals surface area (Å²) in [6.07, 6.45) is -3.29. The van der Waals surface area contributed by atoms with E-state index >= 15 is 0 Å². The smallest absolute Gasteiger partial charge is 0.271 e. The zero-order chi connectivity index (χ0) is 26.5. The maximum absolute atomic E-state index is 13.3. The van der Waals surface area contributed by atoms with Crippen LogP contribution in [0.25, 0.3) is 0 Å². The molecule has 0 radical (unpaired) electrons. The van der Waals surface area contributed by atoms with Gasteiger partial charge in [-0.05, 0) is 54.3 Å². The number of hydrazone groups is 1. The third-order valence-electron chi connectivity index (χ3n) is 5.36. The van der Waals surface area contributed by atoms with Crippen molar-refractivity contribution in [1.29, 1.82) is 0 Å². The molecule has 0 unspecified atom stereocenters. The molecule has 190 valence electrons. The predicted molar refractivity (Wildman–Crippen MR) is 133 cm³/mol. The number of nitrogens with one attached hydrogen (secondary N) is 1. The molecule has 36 heavy (non-hydrogen) atoms. The third kappa shape index (κ3) is 6.72. The van der Waals surface area contributed by atoms with E-state index in [0.717, 1.165) is 23.3 Å². The molecule has 0 aliphatic heterocycles. The van der Waals surface area contributed by atoms with Crippen LogP contribution in [0.15, 0.2) is 82.8 Å². The van der Waals surface area contributed by atoms with Gasteiger partial charge in [-0.3, -0.25) is 9.10 Å². The maximum atomic E-state index is 13.3. The summed E-state index contributed by atoms with van der Waals surface area (Å²) in [5, 5.41) is 3.86. The van der Waals surface area contributed by atoms with Gasteiger partial charge in [-0.1, -0.05) is 61.9 Å². The van der Waals surface area contributed by atoms with Crippen LogP contribution in [0, 0.1) is 6.92 Å². The molecule has 1 N–H and O–H groups in total. The summed E-state index contributed by atoms with van der Waals surface area (Å²) >= 11 is 0. The van der Waals surface area contributed by atoms with Gasteiger partial charge in [-0.25, -0.2) is 13.8 Å². The molecule has 3 aromatic carbocycles. The van der Waals surface area contributed by atoms with Crippen molar-refractivity contribution in [3.8, 4) is 0 Å². The molecule has 0 bridgehead atoms. The van der Waals surface area contributed by atoms with Crippen molar-refractivity contribution in [1.82, 2.24) is 5.43 Å². The molecule has 0 aromatic heterocycles. The van der Waals surface area contributed by atoms with Gasteiger partial charge in [0.25, 0.3) is 15.9 Å². The Hall–Kier alpha value is -3.66. The second-order valence-corrected chi connectivity index (χ2v) is 10.3. The molecule has 0 atom stereocenters. The average Bonchev–Trinajstić information content (AvgIpc) is 2.82. The van der Waals surface area contributed by atoms with Crippen molar-refractivity contribution < 1.29 is 26.4 Å². The number of rotatable bonds is 8. The quantitative estimate of drug-likeness (QED) is 0.317. The summed E-state index contributed by atoms with van der Waals surface area (Å²) in [6.45, 7) is 5.11. The van der Waals surface area contributed by atoms with Crippen molar-refractivity contribution in [3.63, 3.8) is 0 Å². The fourth-order valence-corrected chi connectivity index (χ4v) is 4.71. The molecule has 0 saturated heterocycles. The number of amides is 1. The second kappa shape index (κ2) is 10.9. The van der Waals surface area contributed by atoms with Gasteiger partial charge >= 0.3 is 6.18 Å². The summed E-state index contributed by atoms with van der Waals surface area (Å²) in [5.41, 5.74) is 3.56. The first kappa shape index (κ1) is 26.9. The van der Waals surface area contributed by atoms with Gasteiger partial charge in [0.05, 0.1) is 22.4 Å². The molecule has 0 heterocycles. The monoisotopic (exact) mass is 517 g/mol. The maximum Gasteiger partial charge on any atom is 0.416 e. The number of carbonyl (C=O) groups excluding carboxylic acids is 1. The Balaban J connectivity index is 1.87. The highest BCUT2D eigenvalue weighted by molar-refractivity contribution is 7.92. The van der Waals surface area contributed by atoms with E-state index in [1.54, 1.807) is 19.1 Å². The first-order valence-electron chi connectivity index (χ1n) is 11.1. The molecular formula is C26H26F3N3O3S. The van der Waals surface area contributed by atoms with Crippen LogP contribution in [0.3, 0.4) is 0 Å². The van der Waals surface area contributed by atoms with E-state index in [1.807, 2.05) is 24.3 Å². The van der Waals surface area contributed by atoms with Gasteiger partial charge in [0.2, 0.25) is 0 Å². The zero-order valence-corrected chi connectivity index (χ0v) is 20.8. The van der Waals surface area contributed by atoms with Crippen LogP contribution in [0.1, 0.15) is 42.0 Å². The summed E-state index contributed by atoms with van der Waals surface area (Å²) in [6, 6.07) is 17.1. The number of hydrogen-bond acceptors (Lipinski definition) is 4. The van der Waals surface area contributed by atoms with E-state index in [1.165, 1.54) is 24.4 Å². The van der Waals surface area contributed by atoms with Crippen LogP contribution < -0.4 is 9.73 Å². The van der Waals surface area contributed by atoms with Crippen molar-refractivity contribution in [2.75, 3.05) is 10.8 Å². The molecule has 1 amide bonds. The first-order chi connectivity index (χ1) is 16.9. The molecule has 10 heteroatoms. The van der Waals surface area contributed by atoms with Crippen molar-refractivity contribution in [2.45, 2.75) is 37.8 Å². The molecule has 3 rings (SSSR count). The molecule has 0 aliphatic carbocycles. The molecule has 0 aliphatic rings. The summed E-state index contributed by atoms with van der Waals surface area (Å²) < 4.78 is 67.2. The highest BCUT2D eigenvalue weighted by Crippen LogP contribution is 2.33. The van der Waals surface area contributed by atoms with E-state index in [9.17, 15) is 26.4 Å². The Bertz CT molecular complexity index is 1340. The fourth-order valence-electron chi connectivity index (χ4n) is 3.30. The van der Waals surface area contributed by atoms with Crippen LogP contribution in [0.4, 0.5) is 18.9 Å². The van der Waals surface area contributed by atoms with Crippen LogP contribution in [0.2, 0.25) is 0 Å². The fraction of sp³-hybridized carbons (Fsp3) is 0.231. The Morgan fingerprint density at radius 1 is 1.03 bits per heavy atom. The molecule has 0 fully saturated rings.